The van der Waals surface area contributed by atoms with Crippen LogP contribution in [0.5, 0.6) is 0 Å². The van der Waals surface area contributed by atoms with Crippen LogP contribution in [0.25, 0.3) is 21.5 Å². The van der Waals surface area contributed by atoms with Crippen LogP contribution in [0.1, 0.15) is 15.9 Å². The molecule has 19 heavy (non-hydrogen) atoms. The van der Waals surface area contributed by atoms with E-state index in [4.69, 9.17) is 0 Å². The number of benzene rings is 3. The first-order chi connectivity index (χ1) is 9.34. The van der Waals surface area contributed by atoms with Crippen molar-refractivity contribution in [3.05, 3.63) is 59.7 Å². The molecular weight excluding hydrogens is 234 g/mol. The molecule has 1 aliphatic rings. The first kappa shape index (κ1) is 10.6. The fourth-order valence-corrected chi connectivity index (χ4v) is 3.03. The summed E-state index contributed by atoms with van der Waals surface area (Å²) in [5, 5.41) is 7.86. The lowest BCUT2D eigenvalue weighted by molar-refractivity contribution is 0.0946. The standard InChI is InChI=1S/C17H13NO/c19-17-16-8-7-13-12-4-2-1-3-11(12)5-6-14(13)15(16)9-10-18-17/h1-8H,9-10H2,(H,18,19). The normalized spacial score (nSPS) is 14.4. The third-order valence-corrected chi connectivity index (χ3v) is 3.94. The lowest BCUT2D eigenvalue weighted by Crippen LogP contribution is -2.31. The monoisotopic (exact) mass is 247 g/mol. The second-order valence-electron chi connectivity index (χ2n) is 4.98. The Morgan fingerprint density at radius 2 is 1.68 bits per heavy atom. The summed E-state index contributed by atoms with van der Waals surface area (Å²) in [5.41, 5.74) is 2.01. The summed E-state index contributed by atoms with van der Waals surface area (Å²) in [6, 6.07) is 16.7. The average Bonchev–Trinajstić information content (AvgIpc) is 2.47. The Morgan fingerprint density at radius 3 is 2.63 bits per heavy atom. The summed E-state index contributed by atoms with van der Waals surface area (Å²) >= 11 is 0. The molecule has 0 saturated carbocycles. The van der Waals surface area contributed by atoms with Crippen LogP contribution in [0.3, 0.4) is 0 Å². The van der Waals surface area contributed by atoms with Gasteiger partial charge in [0.05, 0.1) is 0 Å². The van der Waals surface area contributed by atoms with E-state index in [1.54, 1.807) is 0 Å². The molecule has 0 spiro atoms. The largest absolute Gasteiger partial charge is 0.352 e. The minimum atomic E-state index is 0.0521. The molecule has 0 bridgehead atoms. The number of rotatable bonds is 0. The quantitative estimate of drug-likeness (QED) is 0.607. The highest BCUT2D eigenvalue weighted by atomic mass is 16.1. The number of hydrogen-bond acceptors (Lipinski definition) is 1. The Balaban J connectivity index is 2.16. The van der Waals surface area contributed by atoms with Gasteiger partial charge < -0.3 is 5.32 Å². The molecule has 1 amide bonds. The maximum atomic E-state index is 11.9. The van der Waals surface area contributed by atoms with Crippen molar-refractivity contribution >= 4 is 27.5 Å². The first-order valence-electron chi connectivity index (χ1n) is 6.56. The van der Waals surface area contributed by atoms with Crippen LogP contribution >= 0.6 is 0 Å². The van der Waals surface area contributed by atoms with Gasteiger partial charge in [-0.3, -0.25) is 4.79 Å². The van der Waals surface area contributed by atoms with Gasteiger partial charge in [0.15, 0.2) is 0 Å². The third kappa shape index (κ3) is 1.46. The molecule has 0 aliphatic carbocycles. The molecule has 0 saturated heterocycles. The molecule has 2 heteroatoms. The molecule has 2 nitrogen and oxygen atoms in total. The molecule has 3 aromatic rings. The van der Waals surface area contributed by atoms with E-state index in [9.17, 15) is 4.79 Å². The number of carbonyl (C=O) groups is 1. The molecule has 0 unspecified atom stereocenters. The molecule has 0 radical (unpaired) electrons. The molecule has 3 aromatic carbocycles. The molecule has 0 aromatic heterocycles. The third-order valence-electron chi connectivity index (χ3n) is 3.94. The van der Waals surface area contributed by atoms with Crippen LogP contribution in [0.4, 0.5) is 0 Å². The van der Waals surface area contributed by atoms with Gasteiger partial charge in [-0.15, -0.1) is 0 Å². The van der Waals surface area contributed by atoms with Crippen LogP contribution in [0, 0.1) is 0 Å². The molecule has 1 N–H and O–H groups in total. The molecule has 0 atom stereocenters. The van der Waals surface area contributed by atoms with E-state index in [1.807, 2.05) is 6.07 Å². The second-order valence-corrected chi connectivity index (χ2v) is 4.98. The van der Waals surface area contributed by atoms with E-state index in [0.717, 1.165) is 18.5 Å². The summed E-state index contributed by atoms with van der Waals surface area (Å²) in [6.45, 7) is 0.734. The summed E-state index contributed by atoms with van der Waals surface area (Å²) in [5.74, 6) is 0.0521. The van der Waals surface area contributed by atoms with Crippen molar-refractivity contribution in [3.63, 3.8) is 0 Å². The summed E-state index contributed by atoms with van der Waals surface area (Å²) < 4.78 is 0. The van der Waals surface area contributed by atoms with E-state index in [0.29, 0.717) is 0 Å². The lowest BCUT2D eigenvalue weighted by atomic mass is 9.91. The number of amides is 1. The van der Waals surface area contributed by atoms with Gasteiger partial charge in [0.25, 0.3) is 5.91 Å². The van der Waals surface area contributed by atoms with Gasteiger partial charge in [-0.05, 0) is 39.6 Å². The summed E-state index contributed by atoms with van der Waals surface area (Å²) in [7, 11) is 0. The average molecular weight is 247 g/mol. The predicted octanol–water partition coefficient (Wildman–Crippen LogP) is 3.28. The van der Waals surface area contributed by atoms with Crippen molar-refractivity contribution in [2.24, 2.45) is 0 Å². The maximum Gasteiger partial charge on any atom is 0.251 e. The van der Waals surface area contributed by atoms with Crippen molar-refractivity contribution in [1.29, 1.82) is 0 Å². The minimum absolute atomic E-state index is 0.0521. The topological polar surface area (TPSA) is 29.1 Å². The fourth-order valence-electron chi connectivity index (χ4n) is 3.03. The van der Waals surface area contributed by atoms with E-state index in [2.05, 4.69) is 47.8 Å². The summed E-state index contributed by atoms with van der Waals surface area (Å²) in [4.78, 5) is 11.9. The van der Waals surface area contributed by atoms with Crippen molar-refractivity contribution in [1.82, 2.24) is 5.32 Å². The van der Waals surface area contributed by atoms with Crippen molar-refractivity contribution < 1.29 is 4.79 Å². The highest BCUT2D eigenvalue weighted by molar-refractivity contribution is 6.11. The van der Waals surface area contributed by atoms with Gasteiger partial charge in [0, 0.05) is 12.1 Å². The van der Waals surface area contributed by atoms with Gasteiger partial charge in [-0.2, -0.15) is 0 Å². The Labute approximate surface area is 111 Å². The predicted molar refractivity (Wildman–Crippen MR) is 77.5 cm³/mol. The number of nitrogens with one attached hydrogen (secondary N) is 1. The van der Waals surface area contributed by atoms with Crippen LogP contribution in [0.2, 0.25) is 0 Å². The van der Waals surface area contributed by atoms with E-state index in [1.165, 1.54) is 27.1 Å². The van der Waals surface area contributed by atoms with E-state index < -0.39 is 0 Å². The van der Waals surface area contributed by atoms with Crippen LogP contribution in [0.15, 0.2) is 48.5 Å². The second kappa shape index (κ2) is 3.82. The molecule has 4 rings (SSSR count). The SMILES string of the molecule is O=C1NCCc2c1ccc1c2ccc2ccccc21. The summed E-state index contributed by atoms with van der Waals surface area (Å²) in [6.07, 6.45) is 0.913. The fraction of sp³-hybridized carbons (Fsp3) is 0.118. The van der Waals surface area contributed by atoms with Gasteiger partial charge in [-0.25, -0.2) is 0 Å². The zero-order chi connectivity index (χ0) is 12.8. The molecular formula is C17H13NO. The highest BCUT2D eigenvalue weighted by Crippen LogP contribution is 2.30. The molecule has 92 valence electrons. The smallest absolute Gasteiger partial charge is 0.251 e. The number of carbonyl (C=O) groups excluding carboxylic acids is 1. The molecule has 0 fully saturated rings. The number of hydrogen-bond donors (Lipinski definition) is 1. The van der Waals surface area contributed by atoms with Crippen LogP contribution in [-0.4, -0.2) is 12.5 Å². The van der Waals surface area contributed by atoms with E-state index >= 15 is 0 Å². The lowest BCUT2D eigenvalue weighted by Gasteiger charge is -2.19. The van der Waals surface area contributed by atoms with Crippen molar-refractivity contribution in [2.45, 2.75) is 6.42 Å². The molecule has 1 heterocycles. The minimum Gasteiger partial charge on any atom is -0.352 e. The van der Waals surface area contributed by atoms with Gasteiger partial charge in [-0.1, -0.05) is 42.5 Å². The van der Waals surface area contributed by atoms with Crippen LogP contribution < -0.4 is 5.32 Å². The number of fused-ring (bicyclic) bond motifs is 5. The Morgan fingerprint density at radius 1 is 0.842 bits per heavy atom. The molecule has 1 aliphatic heterocycles. The van der Waals surface area contributed by atoms with E-state index in [-0.39, 0.29) is 5.91 Å². The van der Waals surface area contributed by atoms with Crippen LogP contribution in [-0.2, 0) is 6.42 Å². The van der Waals surface area contributed by atoms with Crippen molar-refractivity contribution in [2.75, 3.05) is 6.54 Å². The highest BCUT2D eigenvalue weighted by Gasteiger charge is 2.18. The van der Waals surface area contributed by atoms with Gasteiger partial charge in [0.1, 0.15) is 0 Å². The Bertz CT molecular complexity index is 820. The first-order valence-corrected chi connectivity index (χ1v) is 6.56. The Hall–Kier alpha value is -2.35. The zero-order valence-electron chi connectivity index (χ0n) is 10.4. The van der Waals surface area contributed by atoms with Gasteiger partial charge >= 0.3 is 0 Å². The maximum absolute atomic E-state index is 11.9. The van der Waals surface area contributed by atoms with Crippen molar-refractivity contribution in [3.8, 4) is 0 Å². The Kier molecular flexibility index (Phi) is 2.12. The van der Waals surface area contributed by atoms with Gasteiger partial charge in [0.2, 0.25) is 0 Å². The zero-order valence-corrected chi connectivity index (χ0v) is 10.4.